The molecule has 2 aromatic rings. The number of rotatable bonds is 3. The van der Waals surface area contributed by atoms with E-state index < -0.39 is 23.8 Å². The Balaban J connectivity index is 2.11. The summed E-state index contributed by atoms with van der Waals surface area (Å²) in [6, 6.07) is 6.43. The predicted molar refractivity (Wildman–Crippen MR) is 71.4 cm³/mol. The third-order valence-electron chi connectivity index (χ3n) is 2.83. The Morgan fingerprint density at radius 2 is 2.10 bits per heavy atom. The van der Waals surface area contributed by atoms with E-state index >= 15 is 0 Å². The second-order valence-corrected chi connectivity index (χ2v) is 4.47. The van der Waals surface area contributed by atoms with Gasteiger partial charge in [-0.15, -0.1) is 0 Å². The van der Waals surface area contributed by atoms with Gasteiger partial charge < -0.3 is 11.1 Å². The van der Waals surface area contributed by atoms with Gasteiger partial charge in [0.15, 0.2) is 5.69 Å². The van der Waals surface area contributed by atoms with Crippen molar-refractivity contribution in [3.8, 4) is 0 Å². The summed E-state index contributed by atoms with van der Waals surface area (Å²) >= 11 is 0. The fraction of sp³-hybridized carbons (Fsp3) is 0.231. The van der Waals surface area contributed by atoms with Crippen LogP contribution in [0.3, 0.4) is 0 Å². The van der Waals surface area contributed by atoms with E-state index in [1.165, 1.54) is 6.92 Å². The number of hydrogen-bond donors (Lipinski definition) is 2. The number of nitrogens with one attached hydrogen (secondary N) is 1. The zero-order valence-electron chi connectivity index (χ0n) is 11.1. The topological polar surface area (TPSA) is 72.9 Å². The second kappa shape index (κ2) is 5.47. The molecule has 21 heavy (non-hydrogen) atoms. The lowest BCUT2D eigenvalue weighted by molar-refractivity contribution is -0.141. The maximum Gasteiger partial charge on any atom is 0.435 e. The number of anilines is 2. The number of carbonyl (C=O) groups is 1. The first-order valence-corrected chi connectivity index (χ1v) is 6.06. The van der Waals surface area contributed by atoms with Gasteiger partial charge in [-0.05, 0) is 31.2 Å². The molecule has 0 bridgehead atoms. The number of nitrogen functional groups attached to an aromatic ring is 1. The largest absolute Gasteiger partial charge is 0.435 e. The number of halogens is 3. The first kappa shape index (κ1) is 14.9. The molecule has 0 aliphatic heterocycles. The Labute approximate surface area is 118 Å². The molecule has 1 atom stereocenters. The summed E-state index contributed by atoms with van der Waals surface area (Å²) in [4.78, 5) is 12.0. The van der Waals surface area contributed by atoms with E-state index in [1.807, 2.05) is 0 Å². The molecular formula is C13H13F3N4O. The molecule has 0 fully saturated rings. The van der Waals surface area contributed by atoms with E-state index in [-0.39, 0.29) is 0 Å². The lowest BCUT2D eigenvalue weighted by atomic mass is 10.2. The SMILES string of the molecule is CC(C(=O)Nc1cccc(N)c1)n1ccc(C(F)(F)F)n1. The number of nitrogens with two attached hydrogens (primary N) is 1. The van der Waals surface area contributed by atoms with Crippen molar-refractivity contribution in [3.05, 3.63) is 42.2 Å². The van der Waals surface area contributed by atoms with Crippen molar-refractivity contribution in [1.82, 2.24) is 9.78 Å². The van der Waals surface area contributed by atoms with Crippen molar-refractivity contribution in [2.24, 2.45) is 0 Å². The Bertz CT molecular complexity index is 651. The molecule has 0 aliphatic carbocycles. The molecule has 112 valence electrons. The van der Waals surface area contributed by atoms with Gasteiger partial charge in [0.05, 0.1) is 0 Å². The van der Waals surface area contributed by atoms with Crippen LogP contribution in [0.15, 0.2) is 36.5 Å². The highest BCUT2D eigenvalue weighted by Crippen LogP contribution is 2.28. The van der Waals surface area contributed by atoms with Gasteiger partial charge in [0.2, 0.25) is 5.91 Å². The van der Waals surface area contributed by atoms with Crippen molar-refractivity contribution in [2.45, 2.75) is 19.1 Å². The van der Waals surface area contributed by atoms with Gasteiger partial charge in [-0.25, -0.2) is 0 Å². The van der Waals surface area contributed by atoms with Crippen molar-refractivity contribution < 1.29 is 18.0 Å². The number of benzene rings is 1. The standard InChI is InChI=1S/C13H13F3N4O/c1-8(20-6-5-11(19-20)13(14,15)16)12(21)18-10-4-2-3-9(17)7-10/h2-8H,17H2,1H3,(H,18,21). The van der Waals surface area contributed by atoms with E-state index in [2.05, 4.69) is 10.4 Å². The van der Waals surface area contributed by atoms with Gasteiger partial charge in [0.1, 0.15) is 6.04 Å². The number of nitrogens with zero attached hydrogens (tertiary/aromatic N) is 2. The van der Waals surface area contributed by atoms with Gasteiger partial charge >= 0.3 is 6.18 Å². The fourth-order valence-electron chi connectivity index (χ4n) is 1.69. The summed E-state index contributed by atoms with van der Waals surface area (Å²) < 4.78 is 38.4. The van der Waals surface area contributed by atoms with Crippen LogP contribution in [-0.2, 0) is 11.0 Å². The smallest absolute Gasteiger partial charge is 0.399 e. The number of carbonyl (C=O) groups excluding carboxylic acids is 1. The molecule has 3 N–H and O–H groups in total. The van der Waals surface area contributed by atoms with Crippen LogP contribution in [-0.4, -0.2) is 15.7 Å². The van der Waals surface area contributed by atoms with Crippen LogP contribution in [0.1, 0.15) is 18.7 Å². The molecule has 0 aliphatic rings. The number of amides is 1. The molecule has 1 amide bonds. The molecule has 1 heterocycles. The average Bonchev–Trinajstić information content (AvgIpc) is 2.87. The van der Waals surface area contributed by atoms with E-state index in [1.54, 1.807) is 24.3 Å². The minimum Gasteiger partial charge on any atom is -0.399 e. The normalized spacial score (nSPS) is 13.0. The lowest BCUT2D eigenvalue weighted by Gasteiger charge is -2.13. The van der Waals surface area contributed by atoms with Gasteiger partial charge in [-0.2, -0.15) is 18.3 Å². The first-order chi connectivity index (χ1) is 9.77. The highest BCUT2D eigenvalue weighted by atomic mass is 19.4. The number of aromatic nitrogens is 2. The monoisotopic (exact) mass is 298 g/mol. The molecule has 1 aromatic carbocycles. The van der Waals surface area contributed by atoms with Crippen LogP contribution in [0.25, 0.3) is 0 Å². The highest BCUT2D eigenvalue weighted by molar-refractivity contribution is 5.93. The van der Waals surface area contributed by atoms with Crippen molar-refractivity contribution in [3.63, 3.8) is 0 Å². The zero-order valence-corrected chi connectivity index (χ0v) is 11.1. The maximum atomic E-state index is 12.5. The van der Waals surface area contributed by atoms with Crippen LogP contribution in [0.4, 0.5) is 24.5 Å². The van der Waals surface area contributed by atoms with Gasteiger partial charge in [-0.3, -0.25) is 9.48 Å². The van der Waals surface area contributed by atoms with Crippen molar-refractivity contribution in [1.29, 1.82) is 0 Å². The third kappa shape index (κ3) is 3.53. The zero-order chi connectivity index (χ0) is 15.6. The Kier molecular flexibility index (Phi) is 3.88. The minimum atomic E-state index is -4.53. The molecule has 1 unspecified atom stereocenters. The van der Waals surface area contributed by atoms with Crippen molar-refractivity contribution in [2.75, 3.05) is 11.1 Å². The van der Waals surface area contributed by atoms with E-state index in [0.29, 0.717) is 11.4 Å². The summed E-state index contributed by atoms with van der Waals surface area (Å²) in [5.41, 5.74) is 5.48. The van der Waals surface area contributed by atoms with Gasteiger partial charge in [-0.1, -0.05) is 6.07 Å². The molecule has 0 radical (unpaired) electrons. The highest BCUT2D eigenvalue weighted by Gasteiger charge is 2.34. The van der Waals surface area contributed by atoms with E-state index in [4.69, 9.17) is 5.73 Å². The van der Waals surface area contributed by atoms with Crippen LogP contribution >= 0.6 is 0 Å². The van der Waals surface area contributed by atoms with Crippen LogP contribution in [0, 0.1) is 0 Å². The molecule has 2 rings (SSSR count). The number of alkyl halides is 3. The molecule has 0 spiro atoms. The molecule has 8 heteroatoms. The summed E-state index contributed by atoms with van der Waals surface area (Å²) in [6.45, 7) is 1.45. The molecule has 0 saturated heterocycles. The Morgan fingerprint density at radius 3 is 2.67 bits per heavy atom. The summed E-state index contributed by atoms with van der Waals surface area (Å²) in [6.07, 6.45) is -3.41. The molecule has 5 nitrogen and oxygen atoms in total. The van der Waals surface area contributed by atoms with Crippen LogP contribution in [0.2, 0.25) is 0 Å². The first-order valence-electron chi connectivity index (χ1n) is 6.06. The maximum absolute atomic E-state index is 12.5. The molecule has 0 saturated carbocycles. The summed E-state index contributed by atoms with van der Waals surface area (Å²) in [5.74, 6) is -0.488. The van der Waals surface area contributed by atoms with Crippen molar-refractivity contribution >= 4 is 17.3 Å². The molecular weight excluding hydrogens is 285 g/mol. The molecule has 1 aromatic heterocycles. The second-order valence-electron chi connectivity index (χ2n) is 4.47. The number of hydrogen-bond acceptors (Lipinski definition) is 3. The van der Waals surface area contributed by atoms with Gasteiger partial charge in [0.25, 0.3) is 0 Å². The van der Waals surface area contributed by atoms with E-state index in [9.17, 15) is 18.0 Å². The van der Waals surface area contributed by atoms with Gasteiger partial charge in [0, 0.05) is 17.6 Å². The summed E-state index contributed by atoms with van der Waals surface area (Å²) in [5, 5.41) is 5.94. The lowest BCUT2D eigenvalue weighted by Crippen LogP contribution is -2.24. The third-order valence-corrected chi connectivity index (χ3v) is 2.83. The fourth-order valence-corrected chi connectivity index (χ4v) is 1.69. The summed E-state index contributed by atoms with van der Waals surface area (Å²) in [7, 11) is 0. The quantitative estimate of drug-likeness (QED) is 0.856. The van der Waals surface area contributed by atoms with Crippen LogP contribution in [0.5, 0.6) is 0 Å². The average molecular weight is 298 g/mol. The van der Waals surface area contributed by atoms with Crippen LogP contribution < -0.4 is 11.1 Å². The Morgan fingerprint density at radius 1 is 1.38 bits per heavy atom. The van der Waals surface area contributed by atoms with E-state index in [0.717, 1.165) is 16.9 Å². The minimum absolute atomic E-state index is 0.468. The predicted octanol–water partition coefficient (Wildman–Crippen LogP) is 2.68. The Hall–Kier alpha value is -2.51.